The van der Waals surface area contributed by atoms with Crippen molar-refractivity contribution < 1.29 is 14.7 Å². The second-order valence-corrected chi connectivity index (χ2v) is 9.03. The van der Waals surface area contributed by atoms with Crippen molar-refractivity contribution in [1.82, 2.24) is 24.5 Å². The van der Waals surface area contributed by atoms with Crippen LogP contribution in [-0.2, 0) is 4.79 Å². The number of rotatable bonds is 6. The summed E-state index contributed by atoms with van der Waals surface area (Å²) in [6.45, 7) is 2.42. The molecule has 0 spiro atoms. The van der Waals surface area contributed by atoms with Crippen molar-refractivity contribution in [3.05, 3.63) is 66.1 Å². The Morgan fingerprint density at radius 1 is 1.06 bits per heavy atom. The smallest absolute Gasteiger partial charge is 0.224 e. The molecule has 1 aliphatic rings. The maximum absolute atomic E-state index is 12.6. The topological polar surface area (TPSA) is 127 Å². The number of piperidine rings is 1. The van der Waals surface area contributed by atoms with E-state index < -0.39 is 0 Å². The molecule has 1 aromatic carbocycles. The van der Waals surface area contributed by atoms with Gasteiger partial charge in [0.05, 0.1) is 29.8 Å². The zero-order valence-corrected chi connectivity index (χ0v) is 20.1. The summed E-state index contributed by atoms with van der Waals surface area (Å²) in [5.74, 6) is 0.0221. The maximum Gasteiger partial charge on any atom is 0.224 e. The Bertz CT molecular complexity index is 1410. The Hall–Kier alpha value is -4.11. The van der Waals surface area contributed by atoms with Gasteiger partial charge in [-0.3, -0.25) is 14.6 Å². The van der Waals surface area contributed by atoms with Crippen molar-refractivity contribution in [2.45, 2.75) is 32.1 Å². The highest BCUT2D eigenvalue weighted by atomic mass is 16.3. The van der Waals surface area contributed by atoms with Crippen LogP contribution in [-0.4, -0.2) is 61.0 Å². The monoisotopic (exact) mass is 484 g/mol. The highest BCUT2D eigenvalue weighted by Gasteiger charge is 2.30. The summed E-state index contributed by atoms with van der Waals surface area (Å²) < 4.78 is 1.51. The number of carbonyl (C=O) groups is 2. The molecule has 3 aromatic heterocycles. The molecule has 9 nitrogen and oxygen atoms in total. The number of Topliss-reactive ketones (excluding diaryl/α,β-unsaturated/α-hetero) is 1. The summed E-state index contributed by atoms with van der Waals surface area (Å²) in [6.07, 6.45) is 4.94. The summed E-state index contributed by atoms with van der Waals surface area (Å²) >= 11 is 0. The molecule has 0 aliphatic carbocycles. The molecule has 1 aliphatic heterocycles. The van der Waals surface area contributed by atoms with Crippen LogP contribution in [0.2, 0.25) is 0 Å². The van der Waals surface area contributed by atoms with E-state index in [1.165, 1.54) is 11.4 Å². The first-order valence-corrected chi connectivity index (χ1v) is 12.1. The molecular formula is C27H28N6O3. The van der Waals surface area contributed by atoms with E-state index in [2.05, 4.69) is 10.1 Å². The number of amides is 1. The van der Waals surface area contributed by atoms with Crippen molar-refractivity contribution in [2.24, 2.45) is 0 Å². The van der Waals surface area contributed by atoms with Crippen molar-refractivity contribution in [2.75, 3.05) is 25.4 Å². The number of likely N-dealkylation sites (tertiary alicyclic amines) is 1. The van der Waals surface area contributed by atoms with Crippen LogP contribution in [0.25, 0.3) is 28.0 Å². The molecule has 1 amide bonds. The molecule has 1 fully saturated rings. The zero-order chi connectivity index (χ0) is 25.2. The number of hydrogen-bond acceptors (Lipinski definition) is 7. The molecule has 1 saturated heterocycles. The van der Waals surface area contributed by atoms with Gasteiger partial charge in [0.2, 0.25) is 5.91 Å². The van der Waals surface area contributed by atoms with Gasteiger partial charge in [-0.15, -0.1) is 0 Å². The number of carbonyl (C=O) groups excluding carboxylic acids is 2. The molecule has 184 valence electrons. The van der Waals surface area contributed by atoms with Gasteiger partial charge in [-0.1, -0.05) is 36.4 Å². The molecule has 0 saturated carbocycles. The summed E-state index contributed by atoms with van der Waals surface area (Å²) in [5, 5.41) is 13.5. The first-order valence-electron chi connectivity index (χ1n) is 12.1. The van der Waals surface area contributed by atoms with Gasteiger partial charge < -0.3 is 15.7 Å². The summed E-state index contributed by atoms with van der Waals surface area (Å²) in [7, 11) is 0. The van der Waals surface area contributed by atoms with Gasteiger partial charge >= 0.3 is 0 Å². The Morgan fingerprint density at radius 3 is 2.44 bits per heavy atom. The van der Waals surface area contributed by atoms with Crippen molar-refractivity contribution in [3.8, 4) is 22.4 Å². The molecule has 5 rings (SSSR count). The van der Waals surface area contributed by atoms with Crippen LogP contribution in [0.1, 0.15) is 48.2 Å². The van der Waals surface area contributed by atoms with Crippen molar-refractivity contribution in [1.29, 1.82) is 0 Å². The number of anilines is 1. The highest BCUT2D eigenvalue weighted by Crippen LogP contribution is 2.35. The highest BCUT2D eigenvalue weighted by molar-refractivity contribution is 6.00. The van der Waals surface area contributed by atoms with E-state index in [1.807, 2.05) is 42.5 Å². The van der Waals surface area contributed by atoms with Crippen LogP contribution < -0.4 is 5.73 Å². The summed E-state index contributed by atoms with van der Waals surface area (Å²) in [6, 6.07) is 13.9. The molecule has 0 unspecified atom stereocenters. The summed E-state index contributed by atoms with van der Waals surface area (Å²) in [5.41, 5.74) is 11.6. The maximum atomic E-state index is 12.6. The molecular weight excluding hydrogens is 456 g/mol. The number of pyridine rings is 1. The summed E-state index contributed by atoms with van der Waals surface area (Å²) in [4.78, 5) is 36.1. The van der Waals surface area contributed by atoms with Gasteiger partial charge in [-0.2, -0.15) is 9.61 Å². The first kappa shape index (κ1) is 23.6. The quantitative estimate of drug-likeness (QED) is 0.402. The van der Waals surface area contributed by atoms with Crippen LogP contribution in [0, 0.1) is 0 Å². The van der Waals surface area contributed by atoms with E-state index in [9.17, 15) is 9.59 Å². The van der Waals surface area contributed by atoms with Crippen LogP contribution in [0.15, 0.2) is 54.9 Å². The lowest BCUT2D eigenvalue weighted by molar-refractivity contribution is -0.132. The third-order valence-corrected chi connectivity index (χ3v) is 6.77. The van der Waals surface area contributed by atoms with Crippen LogP contribution in [0.4, 0.5) is 5.82 Å². The van der Waals surface area contributed by atoms with Gasteiger partial charge in [0, 0.05) is 48.3 Å². The number of aromatic nitrogens is 4. The fraction of sp³-hybridized carbons (Fsp3) is 0.296. The fourth-order valence-electron chi connectivity index (χ4n) is 4.88. The lowest BCUT2D eigenvalue weighted by atomic mass is 9.89. The second-order valence-electron chi connectivity index (χ2n) is 9.03. The lowest BCUT2D eigenvalue weighted by Crippen LogP contribution is -2.38. The molecule has 0 atom stereocenters. The Kier molecular flexibility index (Phi) is 6.47. The van der Waals surface area contributed by atoms with Crippen molar-refractivity contribution >= 4 is 23.2 Å². The molecule has 9 heteroatoms. The van der Waals surface area contributed by atoms with Crippen molar-refractivity contribution in [3.63, 3.8) is 0 Å². The van der Waals surface area contributed by atoms with Crippen LogP contribution in [0.5, 0.6) is 0 Å². The van der Waals surface area contributed by atoms with Gasteiger partial charge in [-0.25, -0.2) is 4.98 Å². The van der Waals surface area contributed by atoms with E-state index in [0.717, 1.165) is 22.4 Å². The van der Waals surface area contributed by atoms with Crippen LogP contribution >= 0.6 is 0 Å². The number of aliphatic hydroxyl groups is 1. The SMILES string of the molecule is CC(=O)c1c(C2CCN(C(=O)CCO)CC2)nc2c(-c3ccc(-c4ccccc4)nc3)cnn2c1N. The minimum absolute atomic E-state index is 0.0179. The number of ketones is 1. The standard InChI is InChI=1S/C27H28N6O3/c1-17(35)24-25(19-9-12-32(13-10-19)23(36)11-14-34)31-27-21(16-30-33(27)26(24)28)20-7-8-22(29-15-20)18-5-3-2-4-6-18/h2-8,15-16,19,34H,9-14,28H2,1H3. The zero-order valence-electron chi connectivity index (χ0n) is 20.1. The van der Waals surface area contributed by atoms with E-state index in [-0.39, 0.29) is 36.5 Å². The number of hydrogen-bond donors (Lipinski definition) is 2. The first-order chi connectivity index (χ1) is 17.5. The van der Waals surface area contributed by atoms with Gasteiger partial charge in [-0.05, 0) is 25.8 Å². The predicted octanol–water partition coefficient (Wildman–Crippen LogP) is 3.33. The Labute approximate surface area is 208 Å². The third-order valence-electron chi connectivity index (χ3n) is 6.77. The Morgan fingerprint density at radius 2 is 1.81 bits per heavy atom. The largest absolute Gasteiger partial charge is 0.396 e. The average molecular weight is 485 g/mol. The van der Waals surface area contributed by atoms with E-state index in [1.54, 1.807) is 17.3 Å². The number of nitrogens with zero attached hydrogens (tertiary/aromatic N) is 5. The minimum Gasteiger partial charge on any atom is -0.396 e. The number of nitrogen functional groups attached to an aromatic ring is 1. The number of aliphatic hydroxyl groups excluding tert-OH is 1. The number of fused-ring (bicyclic) bond motifs is 1. The number of nitrogens with two attached hydrogens (primary N) is 1. The Balaban J connectivity index is 1.51. The van der Waals surface area contributed by atoms with E-state index >= 15 is 0 Å². The predicted molar refractivity (Wildman–Crippen MR) is 136 cm³/mol. The lowest BCUT2D eigenvalue weighted by Gasteiger charge is -2.32. The fourth-order valence-corrected chi connectivity index (χ4v) is 4.88. The average Bonchev–Trinajstić information content (AvgIpc) is 3.34. The molecule has 0 bridgehead atoms. The molecule has 4 heterocycles. The molecule has 0 radical (unpaired) electrons. The van der Waals surface area contributed by atoms with Gasteiger partial charge in [0.1, 0.15) is 5.82 Å². The number of benzene rings is 1. The molecule has 3 N–H and O–H groups in total. The molecule has 36 heavy (non-hydrogen) atoms. The normalized spacial score (nSPS) is 14.3. The van der Waals surface area contributed by atoms with E-state index in [0.29, 0.717) is 42.8 Å². The second kappa shape index (κ2) is 9.87. The molecule has 4 aromatic rings. The van der Waals surface area contributed by atoms with Gasteiger partial charge in [0.15, 0.2) is 11.4 Å². The minimum atomic E-state index is -0.165. The van der Waals surface area contributed by atoms with Gasteiger partial charge in [0.25, 0.3) is 0 Å². The third kappa shape index (κ3) is 4.33. The van der Waals surface area contributed by atoms with Crippen LogP contribution in [0.3, 0.4) is 0 Å². The van der Waals surface area contributed by atoms with E-state index in [4.69, 9.17) is 15.8 Å².